The Morgan fingerprint density at radius 3 is 1.08 bits per heavy atom. The van der Waals surface area contributed by atoms with Crippen LogP contribution in [0.25, 0.3) is 0 Å². The third-order valence-electron chi connectivity index (χ3n) is 8.67. The van der Waals surface area contributed by atoms with Gasteiger partial charge in [0.25, 0.3) is 0 Å². The molecule has 1 atom stereocenters. The number of rotatable bonds is 29. The van der Waals surface area contributed by atoms with Gasteiger partial charge in [0.05, 0.1) is 0 Å². The molecule has 220 valence electrons. The Morgan fingerprint density at radius 2 is 0.703 bits per heavy atom. The smallest absolute Gasteiger partial charge is 0.101 e. The Bertz CT molecular complexity index is 474. The third kappa shape index (κ3) is 20.0. The van der Waals surface area contributed by atoms with Crippen LogP contribution in [-0.2, 0) is 0 Å². The molecule has 1 rings (SSSR count). The van der Waals surface area contributed by atoms with Crippen LogP contribution in [0, 0.1) is 0 Å². The van der Waals surface area contributed by atoms with Gasteiger partial charge in [-0.15, -0.1) is 0 Å². The first kappa shape index (κ1) is 34.4. The van der Waals surface area contributed by atoms with E-state index >= 15 is 0 Å². The largest absolute Gasteiger partial charge is 0.356 e. The maximum Gasteiger partial charge on any atom is 0.101 e. The molecule has 37 heavy (non-hydrogen) atoms. The average Bonchev–Trinajstić information content (AvgIpc) is 3.31. The van der Waals surface area contributed by atoms with Gasteiger partial charge in [0.15, 0.2) is 0 Å². The first-order valence-corrected chi connectivity index (χ1v) is 17.5. The molecule has 2 heteroatoms. The summed E-state index contributed by atoms with van der Waals surface area (Å²) in [6.07, 6.45) is 44.3. The SMILES string of the molecule is CCCCCCCCCCCCCCCCN1C=CN(CC)C1CCCCCCCCCCCCCC. The molecule has 0 aromatic carbocycles. The van der Waals surface area contributed by atoms with Gasteiger partial charge in [-0.2, -0.15) is 0 Å². The molecule has 0 fully saturated rings. The van der Waals surface area contributed by atoms with E-state index in [1.807, 2.05) is 0 Å². The maximum absolute atomic E-state index is 2.66. The van der Waals surface area contributed by atoms with Crippen molar-refractivity contribution in [2.75, 3.05) is 13.1 Å². The summed E-state index contributed by atoms with van der Waals surface area (Å²) in [5.41, 5.74) is 0. The number of hydrogen-bond acceptors (Lipinski definition) is 2. The molecule has 0 spiro atoms. The molecule has 0 saturated carbocycles. The molecular weight excluding hydrogens is 448 g/mol. The van der Waals surface area contributed by atoms with Crippen molar-refractivity contribution < 1.29 is 0 Å². The van der Waals surface area contributed by atoms with Gasteiger partial charge in [0.1, 0.15) is 6.17 Å². The number of nitrogens with zero attached hydrogens (tertiary/aromatic N) is 2. The molecule has 0 aromatic heterocycles. The molecule has 0 radical (unpaired) electrons. The molecule has 1 aliphatic heterocycles. The standard InChI is InChI=1S/C35H70N2/c1-4-7-9-11-13-15-17-19-20-22-24-26-28-30-32-37-34-33-36(6-3)35(37)31-29-27-25-23-21-18-16-14-12-10-8-5-2/h33-35H,4-32H2,1-3H3. The second-order valence-corrected chi connectivity index (χ2v) is 12.1. The van der Waals surface area contributed by atoms with Crippen molar-refractivity contribution in [3.63, 3.8) is 0 Å². The average molecular weight is 519 g/mol. The molecule has 0 bridgehead atoms. The zero-order valence-electron chi connectivity index (χ0n) is 26.1. The number of unbranched alkanes of at least 4 members (excludes halogenated alkanes) is 24. The fraction of sp³-hybridized carbons (Fsp3) is 0.943. The normalized spacial score (nSPS) is 15.4. The highest BCUT2D eigenvalue weighted by molar-refractivity contribution is 4.96. The van der Waals surface area contributed by atoms with E-state index in [4.69, 9.17) is 0 Å². The Morgan fingerprint density at radius 1 is 0.378 bits per heavy atom. The van der Waals surface area contributed by atoms with Crippen molar-refractivity contribution in [1.82, 2.24) is 9.80 Å². The minimum Gasteiger partial charge on any atom is -0.356 e. The van der Waals surface area contributed by atoms with Crippen molar-refractivity contribution in [1.29, 1.82) is 0 Å². The Hall–Kier alpha value is -0.660. The highest BCUT2D eigenvalue weighted by atomic mass is 15.4. The zero-order valence-corrected chi connectivity index (χ0v) is 26.1. The van der Waals surface area contributed by atoms with E-state index in [0.717, 1.165) is 6.54 Å². The Labute approximate surface area is 235 Å². The summed E-state index contributed by atoms with van der Waals surface area (Å²) in [4.78, 5) is 5.23. The summed E-state index contributed by atoms with van der Waals surface area (Å²) in [6.45, 7) is 9.33. The quantitative estimate of drug-likeness (QED) is 0.0908. The summed E-state index contributed by atoms with van der Waals surface area (Å²) in [5.74, 6) is 0. The van der Waals surface area contributed by atoms with E-state index in [9.17, 15) is 0 Å². The molecule has 0 N–H and O–H groups in total. The number of hydrogen-bond donors (Lipinski definition) is 0. The van der Waals surface area contributed by atoms with Gasteiger partial charge in [-0.05, 0) is 26.2 Å². The van der Waals surface area contributed by atoms with Crippen LogP contribution in [0.3, 0.4) is 0 Å². The van der Waals surface area contributed by atoms with Gasteiger partial charge < -0.3 is 9.80 Å². The summed E-state index contributed by atoms with van der Waals surface area (Å²) in [5, 5.41) is 0. The lowest BCUT2D eigenvalue weighted by Gasteiger charge is -2.32. The minimum atomic E-state index is 0.634. The topological polar surface area (TPSA) is 6.48 Å². The van der Waals surface area contributed by atoms with Gasteiger partial charge in [-0.3, -0.25) is 0 Å². The zero-order chi connectivity index (χ0) is 26.7. The van der Waals surface area contributed by atoms with Gasteiger partial charge in [0.2, 0.25) is 0 Å². The predicted octanol–water partition coefficient (Wildman–Crippen LogP) is 12.0. The minimum absolute atomic E-state index is 0.634. The molecule has 1 aliphatic rings. The molecule has 0 aliphatic carbocycles. The summed E-state index contributed by atoms with van der Waals surface area (Å²) >= 11 is 0. The summed E-state index contributed by atoms with van der Waals surface area (Å²) < 4.78 is 0. The van der Waals surface area contributed by atoms with E-state index in [1.165, 1.54) is 180 Å². The van der Waals surface area contributed by atoms with E-state index < -0.39 is 0 Å². The lowest BCUT2D eigenvalue weighted by Crippen LogP contribution is -2.38. The van der Waals surface area contributed by atoms with Crippen LogP contribution in [-0.4, -0.2) is 29.1 Å². The van der Waals surface area contributed by atoms with Gasteiger partial charge in [-0.1, -0.05) is 168 Å². The van der Waals surface area contributed by atoms with Crippen LogP contribution in [0.2, 0.25) is 0 Å². The van der Waals surface area contributed by atoms with Crippen LogP contribution >= 0.6 is 0 Å². The van der Waals surface area contributed by atoms with Crippen LogP contribution in [0.4, 0.5) is 0 Å². The van der Waals surface area contributed by atoms with Crippen molar-refractivity contribution in [2.45, 2.75) is 200 Å². The van der Waals surface area contributed by atoms with E-state index in [-0.39, 0.29) is 0 Å². The van der Waals surface area contributed by atoms with E-state index in [0.29, 0.717) is 6.17 Å². The van der Waals surface area contributed by atoms with Gasteiger partial charge in [0, 0.05) is 25.5 Å². The first-order valence-electron chi connectivity index (χ1n) is 17.5. The van der Waals surface area contributed by atoms with Crippen molar-refractivity contribution >= 4 is 0 Å². The van der Waals surface area contributed by atoms with Gasteiger partial charge in [-0.25, -0.2) is 0 Å². The van der Waals surface area contributed by atoms with Crippen LogP contribution in [0.5, 0.6) is 0 Å². The predicted molar refractivity (Wildman–Crippen MR) is 168 cm³/mol. The van der Waals surface area contributed by atoms with Crippen LogP contribution in [0.1, 0.15) is 194 Å². The van der Waals surface area contributed by atoms with E-state index in [1.54, 1.807) is 0 Å². The Kier molecular flexibility index (Phi) is 25.0. The summed E-state index contributed by atoms with van der Waals surface area (Å²) in [6, 6.07) is 0. The van der Waals surface area contributed by atoms with Crippen molar-refractivity contribution in [3.05, 3.63) is 12.4 Å². The van der Waals surface area contributed by atoms with E-state index in [2.05, 4.69) is 43.0 Å². The third-order valence-corrected chi connectivity index (χ3v) is 8.67. The maximum atomic E-state index is 2.66. The van der Waals surface area contributed by atoms with Gasteiger partial charge >= 0.3 is 0 Å². The second kappa shape index (κ2) is 26.9. The second-order valence-electron chi connectivity index (χ2n) is 12.1. The highest BCUT2D eigenvalue weighted by Gasteiger charge is 2.23. The van der Waals surface area contributed by atoms with Crippen LogP contribution < -0.4 is 0 Å². The Balaban J connectivity index is 1.95. The highest BCUT2D eigenvalue weighted by Crippen LogP contribution is 2.23. The fourth-order valence-electron chi connectivity index (χ4n) is 6.09. The monoisotopic (exact) mass is 519 g/mol. The molecule has 1 heterocycles. The molecule has 0 aromatic rings. The van der Waals surface area contributed by atoms with Crippen molar-refractivity contribution in [2.24, 2.45) is 0 Å². The van der Waals surface area contributed by atoms with Crippen LogP contribution in [0.15, 0.2) is 12.4 Å². The molecule has 0 saturated heterocycles. The first-order chi connectivity index (χ1) is 18.3. The molecule has 1 unspecified atom stereocenters. The lowest BCUT2D eigenvalue weighted by molar-refractivity contribution is 0.142. The molecule has 2 nitrogen and oxygen atoms in total. The lowest BCUT2D eigenvalue weighted by atomic mass is 10.0. The molecule has 0 amide bonds. The fourth-order valence-corrected chi connectivity index (χ4v) is 6.09. The van der Waals surface area contributed by atoms with Crippen molar-refractivity contribution in [3.8, 4) is 0 Å². The summed E-state index contributed by atoms with van der Waals surface area (Å²) in [7, 11) is 0. The molecular formula is C35H70N2.